The molecule has 1 aliphatic rings. The van der Waals surface area contributed by atoms with Crippen molar-refractivity contribution in [2.45, 2.75) is 11.7 Å². The number of carboxylic acids is 1. The van der Waals surface area contributed by atoms with E-state index in [0.717, 1.165) is 11.8 Å². The number of amides is 2. The standard InChI is InChI=1S/C14H14N4O4S/c1-15-12(21)9-4-2-3-8(5-9)7-16-18-14-17-13(22)10(23-14)6-11(19)20/h2-5,7,10H,6H2,1H3,(H,15,21)(H,19,20)(H,17,18,22). The number of benzene rings is 1. The second-order valence-electron chi connectivity index (χ2n) is 4.55. The van der Waals surface area contributed by atoms with Crippen LogP contribution in [0.4, 0.5) is 0 Å². The number of nitrogens with zero attached hydrogens (tertiary/aromatic N) is 2. The van der Waals surface area contributed by atoms with Crippen LogP contribution in [0, 0.1) is 0 Å². The fourth-order valence-electron chi connectivity index (χ4n) is 1.80. The minimum atomic E-state index is -1.05. The smallest absolute Gasteiger partial charge is 0.305 e. The maximum Gasteiger partial charge on any atom is 0.305 e. The molecule has 1 atom stereocenters. The lowest BCUT2D eigenvalue weighted by atomic mass is 10.1. The summed E-state index contributed by atoms with van der Waals surface area (Å²) < 4.78 is 0. The number of nitrogens with one attached hydrogen (secondary N) is 2. The second-order valence-corrected chi connectivity index (χ2v) is 5.74. The molecule has 1 aromatic rings. The Morgan fingerprint density at radius 2 is 2.26 bits per heavy atom. The summed E-state index contributed by atoms with van der Waals surface area (Å²) in [5.74, 6) is -1.65. The molecule has 2 amide bonds. The van der Waals surface area contributed by atoms with E-state index >= 15 is 0 Å². The Balaban J connectivity index is 2.03. The summed E-state index contributed by atoms with van der Waals surface area (Å²) in [6.07, 6.45) is 1.17. The summed E-state index contributed by atoms with van der Waals surface area (Å²) in [7, 11) is 1.54. The number of carboxylic acid groups (broad SMARTS) is 1. The van der Waals surface area contributed by atoms with Gasteiger partial charge in [0.25, 0.3) is 5.91 Å². The molecule has 0 saturated carbocycles. The average molecular weight is 334 g/mol. The predicted molar refractivity (Wildman–Crippen MR) is 86.6 cm³/mol. The molecule has 0 aliphatic carbocycles. The van der Waals surface area contributed by atoms with E-state index in [4.69, 9.17) is 5.11 Å². The zero-order valence-corrected chi connectivity index (χ0v) is 13.0. The Labute approximate surface area is 136 Å². The average Bonchev–Trinajstić information content (AvgIpc) is 2.86. The van der Waals surface area contributed by atoms with Gasteiger partial charge < -0.3 is 15.7 Å². The van der Waals surface area contributed by atoms with E-state index in [9.17, 15) is 14.4 Å². The molecule has 1 heterocycles. The lowest BCUT2D eigenvalue weighted by molar-refractivity contribution is -0.138. The van der Waals surface area contributed by atoms with E-state index in [1.807, 2.05) is 0 Å². The number of amidine groups is 1. The molecule has 120 valence electrons. The molecule has 3 N–H and O–H groups in total. The molecule has 9 heteroatoms. The highest BCUT2D eigenvalue weighted by molar-refractivity contribution is 8.15. The molecule has 0 radical (unpaired) electrons. The van der Waals surface area contributed by atoms with Gasteiger partial charge in [0.2, 0.25) is 5.91 Å². The van der Waals surface area contributed by atoms with Crippen LogP contribution in [0.5, 0.6) is 0 Å². The van der Waals surface area contributed by atoms with Crippen LogP contribution in [-0.2, 0) is 9.59 Å². The normalized spacial score (nSPS) is 19.1. The van der Waals surface area contributed by atoms with Gasteiger partial charge >= 0.3 is 5.97 Å². The van der Waals surface area contributed by atoms with Gasteiger partial charge in [-0.2, -0.15) is 5.10 Å². The van der Waals surface area contributed by atoms with Gasteiger partial charge in [0.05, 0.1) is 12.6 Å². The minimum Gasteiger partial charge on any atom is -0.481 e. The van der Waals surface area contributed by atoms with Crippen LogP contribution in [0.1, 0.15) is 22.3 Å². The highest BCUT2D eigenvalue weighted by atomic mass is 32.2. The summed E-state index contributed by atoms with van der Waals surface area (Å²) in [5.41, 5.74) is 1.17. The van der Waals surface area contributed by atoms with Crippen LogP contribution in [0.15, 0.2) is 34.5 Å². The van der Waals surface area contributed by atoms with Crippen molar-refractivity contribution in [2.75, 3.05) is 7.05 Å². The first-order valence-corrected chi connectivity index (χ1v) is 7.50. The Morgan fingerprint density at radius 1 is 1.48 bits per heavy atom. The molecule has 0 aromatic heterocycles. The van der Waals surface area contributed by atoms with Crippen molar-refractivity contribution >= 4 is 40.9 Å². The minimum absolute atomic E-state index is 0.207. The van der Waals surface area contributed by atoms with Gasteiger partial charge in [0.15, 0.2) is 5.17 Å². The maximum atomic E-state index is 11.5. The summed E-state index contributed by atoms with van der Waals surface area (Å²) in [5, 5.41) is 20.9. The number of rotatable bonds is 5. The van der Waals surface area contributed by atoms with Crippen molar-refractivity contribution in [3.63, 3.8) is 0 Å². The van der Waals surface area contributed by atoms with E-state index < -0.39 is 17.1 Å². The van der Waals surface area contributed by atoms with Gasteiger partial charge in [-0.3, -0.25) is 14.4 Å². The summed E-state index contributed by atoms with van der Waals surface area (Å²) >= 11 is 1.02. The highest BCUT2D eigenvalue weighted by Crippen LogP contribution is 2.22. The number of thioether (sulfide) groups is 1. The zero-order valence-electron chi connectivity index (χ0n) is 12.1. The van der Waals surface area contributed by atoms with Crippen LogP contribution in [0.3, 0.4) is 0 Å². The SMILES string of the molecule is CNC(=O)c1cccc(C=NN=C2NC(=O)C(CC(=O)O)S2)c1. The monoisotopic (exact) mass is 334 g/mol. The second kappa shape index (κ2) is 7.54. The molecule has 0 spiro atoms. The van der Waals surface area contributed by atoms with E-state index in [-0.39, 0.29) is 17.5 Å². The van der Waals surface area contributed by atoms with Crippen LogP contribution in [-0.4, -0.2) is 46.6 Å². The van der Waals surface area contributed by atoms with Crippen LogP contribution < -0.4 is 10.6 Å². The fraction of sp³-hybridized carbons (Fsp3) is 0.214. The van der Waals surface area contributed by atoms with Crippen molar-refractivity contribution in [2.24, 2.45) is 10.2 Å². The Kier molecular flexibility index (Phi) is 5.47. The Hall–Kier alpha value is -2.68. The molecule has 1 aromatic carbocycles. The molecular formula is C14H14N4O4S. The molecule has 0 bridgehead atoms. The maximum absolute atomic E-state index is 11.5. The Bertz CT molecular complexity index is 702. The van der Waals surface area contributed by atoms with Gasteiger partial charge in [-0.15, -0.1) is 5.10 Å². The number of hydrogen-bond donors (Lipinski definition) is 3. The van der Waals surface area contributed by atoms with Gasteiger partial charge in [0.1, 0.15) is 5.25 Å². The van der Waals surface area contributed by atoms with Gasteiger partial charge in [-0.05, 0) is 17.7 Å². The van der Waals surface area contributed by atoms with E-state index in [2.05, 4.69) is 20.8 Å². The summed E-state index contributed by atoms with van der Waals surface area (Å²) in [4.78, 5) is 33.7. The molecule has 1 aliphatic heterocycles. The van der Waals surface area contributed by atoms with Gasteiger partial charge in [0, 0.05) is 12.6 Å². The van der Waals surface area contributed by atoms with Crippen molar-refractivity contribution in [3.8, 4) is 0 Å². The van der Waals surface area contributed by atoms with Crippen LogP contribution in [0.25, 0.3) is 0 Å². The number of carbonyl (C=O) groups excluding carboxylic acids is 2. The molecular weight excluding hydrogens is 320 g/mol. The quantitative estimate of drug-likeness (QED) is 0.533. The first kappa shape index (κ1) is 16.7. The third kappa shape index (κ3) is 4.65. The molecule has 23 heavy (non-hydrogen) atoms. The lowest BCUT2D eigenvalue weighted by Gasteiger charge is -1.99. The van der Waals surface area contributed by atoms with Gasteiger partial charge in [-0.1, -0.05) is 23.9 Å². The lowest BCUT2D eigenvalue weighted by Crippen LogP contribution is -2.26. The fourth-order valence-corrected chi connectivity index (χ4v) is 2.71. The number of aliphatic carboxylic acids is 1. The highest BCUT2D eigenvalue weighted by Gasteiger charge is 2.32. The van der Waals surface area contributed by atoms with Crippen molar-refractivity contribution < 1.29 is 19.5 Å². The van der Waals surface area contributed by atoms with E-state index in [1.165, 1.54) is 6.21 Å². The third-order valence-corrected chi connectivity index (χ3v) is 3.94. The molecule has 1 fully saturated rings. The van der Waals surface area contributed by atoms with Crippen molar-refractivity contribution in [1.82, 2.24) is 10.6 Å². The molecule has 1 unspecified atom stereocenters. The zero-order chi connectivity index (χ0) is 16.8. The van der Waals surface area contributed by atoms with Crippen molar-refractivity contribution in [1.29, 1.82) is 0 Å². The number of hydrogen-bond acceptors (Lipinski definition) is 6. The largest absolute Gasteiger partial charge is 0.481 e. The Morgan fingerprint density at radius 3 is 2.96 bits per heavy atom. The van der Waals surface area contributed by atoms with E-state index in [1.54, 1.807) is 31.3 Å². The predicted octanol–water partition coefficient (Wildman–Crippen LogP) is 0.442. The van der Waals surface area contributed by atoms with Gasteiger partial charge in [-0.25, -0.2) is 0 Å². The summed E-state index contributed by atoms with van der Waals surface area (Å²) in [6.45, 7) is 0. The molecule has 1 saturated heterocycles. The molecule has 8 nitrogen and oxygen atoms in total. The topological polar surface area (TPSA) is 120 Å². The summed E-state index contributed by atoms with van der Waals surface area (Å²) in [6, 6.07) is 6.79. The van der Waals surface area contributed by atoms with Crippen LogP contribution >= 0.6 is 11.8 Å². The van der Waals surface area contributed by atoms with E-state index in [0.29, 0.717) is 11.1 Å². The number of carbonyl (C=O) groups is 3. The third-order valence-electron chi connectivity index (χ3n) is 2.87. The molecule has 2 rings (SSSR count). The first-order chi connectivity index (χ1) is 11.0. The van der Waals surface area contributed by atoms with Crippen molar-refractivity contribution in [3.05, 3.63) is 35.4 Å². The van der Waals surface area contributed by atoms with Crippen LogP contribution in [0.2, 0.25) is 0 Å². The first-order valence-electron chi connectivity index (χ1n) is 6.62.